The maximum Gasteiger partial charge on any atom is 0.185 e. The second-order valence-corrected chi connectivity index (χ2v) is 6.83. The van der Waals surface area contributed by atoms with Crippen molar-refractivity contribution in [1.29, 1.82) is 0 Å². The van der Waals surface area contributed by atoms with Crippen LogP contribution in [0.15, 0.2) is 78.6 Å². The Labute approximate surface area is 157 Å². The number of alkyl halides is 1. The van der Waals surface area contributed by atoms with E-state index in [-0.39, 0.29) is 5.78 Å². The molecule has 1 heterocycles. The second-order valence-electron chi connectivity index (χ2n) is 5.75. The van der Waals surface area contributed by atoms with E-state index in [4.69, 9.17) is 0 Å². The fourth-order valence-electron chi connectivity index (χ4n) is 2.82. The van der Waals surface area contributed by atoms with Crippen LogP contribution in [0.25, 0.3) is 5.57 Å². The van der Waals surface area contributed by atoms with Gasteiger partial charge in [-0.15, -0.1) is 0 Å². The van der Waals surface area contributed by atoms with Gasteiger partial charge in [-0.05, 0) is 41.1 Å². The molecule has 0 saturated carbocycles. The third-order valence-corrected chi connectivity index (χ3v) is 4.87. The topological polar surface area (TPSA) is 20.3 Å². The number of ketones is 1. The maximum atomic E-state index is 11.8. The first-order valence-electron chi connectivity index (χ1n) is 8.21. The quantitative estimate of drug-likeness (QED) is 0.276. The standard InChI is InChI=1S/C21H20INO/c22-14-5-6-15-23-16-13-17(19-8-2-3-9-20(19)23)11-12-18-7-1-4-10-21(18)24/h1-4,7-13,16H,5-6,14-15H2/b17-11-,18-12-. The summed E-state index contributed by atoms with van der Waals surface area (Å²) in [5.74, 6) is 0.0582. The van der Waals surface area contributed by atoms with E-state index in [0.717, 1.165) is 17.7 Å². The highest BCUT2D eigenvalue weighted by atomic mass is 127. The van der Waals surface area contributed by atoms with Crippen LogP contribution in [0, 0.1) is 0 Å². The molecule has 3 heteroatoms. The molecule has 0 bridgehead atoms. The average Bonchev–Trinajstić information content (AvgIpc) is 2.62. The van der Waals surface area contributed by atoms with Crippen LogP contribution in [0.1, 0.15) is 18.4 Å². The first kappa shape index (κ1) is 17.0. The van der Waals surface area contributed by atoms with Gasteiger partial charge in [-0.3, -0.25) is 4.79 Å². The molecule has 0 fully saturated rings. The molecule has 0 atom stereocenters. The number of unbranched alkanes of at least 4 members (excludes halogenated alkanes) is 1. The number of para-hydroxylation sites is 1. The molecule has 1 aliphatic heterocycles. The monoisotopic (exact) mass is 429 g/mol. The number of carbonyl (C=O) groups is 1. The van der Waals surface area contributed by atoms with Gasteiger partial charge in [0.15, 0.2) is 5.78 Å². The van der Waals surface area contributed by atoms with Gasteiger partial charge in [-0.1, -0.05) is 71.2 Å². The summed E-state index contributed by atoms with van der Waals surface area (Å²) in [7, 11) is 0. The maximum absolute atomic E-state index is 11.8. The Bertz CT molecular complexity index is 768. The van der Waals surface area contributed by atoms with E-state index >= 15 is 0 Å². The number of rotatable bonds is 5. The summed E-state index contributed by atoms with van der Waals surface area (Å²) in [6.45, 7) is 1.04. The zero-order valence-electron chi connectivity index (χ0n) is 13.5. The fraction of sp³-hybridized carbons (Fsp3) is 0.190. The van der Waals surface area contributed by atoms with Gasteiger partial charge in [-0.2, -0.15) is 0 Å². The number of halogens is 1. The summed E-state index contributed by atoms with van der Waals surface area (Å²) in [4.78, 5) is 14.2. The third-order valence-electron chi connectivity index (χ3n) is 4.10. The smallest absolute Gasteiger partial charge is 0.185 e. The Hall–Kier alpha value is -1.88. The molecule has 2 aliphatic rings. The van der Waals surface area contributed by atoms with Gasteiger partial charge in [0.2, 0.25) is 0 Å². The molecule has 0 saturated heterocycles. The second kappa shape index (κ2) is 8.29. The SMILES string of the molecule is O=C1C=CC=C/C1=C/C=C1/C=CN(CCCCI)c2ccccc21. The molecule has 24 heavy (non-hydrogen) atoms. The summed E-state index contributed by atoms with van der Waals surface area (Å²) in [5.41, 5.74) is 4.32. The molecule has 1 aliphatic carbocycles. The molecule has 0 amide bonds. The first-order chi connectivity index (χ1) is 11.8. The number of allylic oxidation sites excluding steroid dienone is 9. The van der Waals surface area contributed by atoms with E-state index in [0.29, 0.717) is 0 Å². The fourth-order valence-corrected chi connectivity index (χ4v) is 3.36. The number of hydrogen-bond donors (Lipinski definition) is 0. The highest BCUT2D eigenvalue weighted by Crippen LogP contribution is 2.33. The molecule has 1 aromatic rings. The number of carbonyl (C=O) groups excluding carboxylic acids is 1. The lowest BCUT2D eigenvalue weighted by Gasteiger charge is -2.27. The van der Waals surface area contributed by atoms with E-state index in [2.05, 4.69) is 64.0 Å². The molecular weight excluding hydrogens is 409 g/mol. The summed E-state index contributed by atoms with van der Waals surface area (Å²) in [6.07, 6.45) is 17.8. The molecule has 2 nitrogen and oxygen atoms in total. The van der Waals surface area contributed by atoms with Gasteiger partial charge < -0.3 is 4.90 Å². The van der Waals surface area contributed by atoms with Crippen molar-refractivity contribution in [1.82, 2.24) is 0 Å². The molecule has 3 rings (SSSR count). The van der Waals surface area contributed by atoms with Crippen molar-refractivity contribution in [3.8, 4) is 0 Å². The number of fused-ring (bicyclic) bond motifs is 1. The van der Waals surface area contributed by atoms with Gasteiger partial charge in [0.1, 0.15) is 0 Å². The molecule has 0 spiro atoms. The summed E-state index contributed by atoms with van der Waals surface area (Å²) >= 11 is 2.43. The van der Waals surface area contributed by atoms with E-state index in [1.54, 1.807) is 12.2 Å². The average molecular weight is 429 g/mol. The summed E-state index contributed by atoms with van der Waals surface area (Å²) in [6, 6.07) is 8.46. The number of benzene rings is 1. The van der Waals surface area contributed by atoms with Gasteiger partial charge in [0.05, 0.1) is 0 Å². The van der Waals surface area contributed by atoms with Crippen molar-refractivity contribution in [2.75, 3.05) is 15.9 Å². The Morgan fingerprint density at radius 1 is 0.958 bits per heavy atom. The predicted octanol–water partition coefficient (Wildman–Crippen LogP) is 5.24. The number of anilines is 1. The van der Waals surface area contributed by atoms with Crippen LogP contribution in [-0.4, -0.2) is 16.8 Å². The molecule has 1 aromatic carbocycles. The Balaban J connectivity index is 1.86. The highest BCUT2D eigenvalue weighted by molar-refractivity contribution is 14.1. The van der Waals surface area contributed by atoms with Gasteiger partial charge in [0.25, 0.3) is 0 Å². The van der Waals surface area contributed by atoms with Crippen molar-refractivity contribution in [2.45, 2.75) is 12.8 Å². The van der Waals surface area contributed by atoms with Gasteiger partial charge >= 0.3 is 0 Å². The largest absolute Gasteiger partial charge is 0.347 e. The highest BCUT2D eigenvalue weighted by Gasteiger charge is 2.15. The zero-order valence-corrected chi connectivity index (χ0v) is 15.6. The Morgan fingerprint density at radius 2 is 1.75 bits per heavy atom. The van der Waals surface area contributed by atoms with E-state index in [9.17, 15) is 4.79 Å². The van der Waals surface area contributed by atoms with Crippen molar-refractivity contribution >= 4 is 39.6 Å². The molecule has 0 radical (unpaired) electrons. The van der Waals surface area contributed by atoms with E-state index in [1.165, 1.54) is 28.5 Å². The van der Waals surface area contributed by atoms with Crippen LogP contribution in [0.4, 0.5) is 5.69 Å². The molecular formula is C21H20INO. The zero-order chi connectivity index (χ0) is 16.8. The number of hydrogen-bond acceptors (Lipinski definition) is 2. The summed E-state index contributed by atoms with van der Waals surface area (Å²) in [5, 5.41) is 0. The van der Waals surface area contributed by atoms with Crippen LogP contribution in [0.3, 0.4) is 0 Å². The normalized spacial score (nSPS) is 19.4. The minimum absolute atomic E-state index is 0.0582. The molecule has 0 N–H and O–H groups in total. The van der Waals surface area contributed by atoms with Crippen molar-refractivity contribution < 1.29 is 4.79 Å². The lowest BCUT2D eigenvalue weighted by Crippen LogP contribution is -2.21. The van der Waals surface area contributed by atoms with Crippen LogP contribution in [0.2, 0.25) is 0 Å². The molecule has 0 unspecified atom stereocenters. The van der Waals surface area contributed by atoms with Crippen molar-refractivity contribution in [3.05, 3.63) is 84.1 Å². The molecule has 122 valence electrons. The van der Waals surface area contributed by atoms with Crippen molar-refractivity contribution in [2.24, 2.45) is 0 Å². The number of nitrogens with zero attached hydrogens (tertiary/aromatic N) is 1. The van der Waals surface area contributed by atoms with Crippen LogP contribution in [-0.2, 0) is 4.79 Å². The minimum atomic E-state index is 0.0582. The predicted molar refractivity (Wildman–Crippen MR) is 110 cm³/mol. The molecule has 0 aromatic heterocycles. The summed E-state index contributed by atoms with van der Waals surface area (Å²) < 4.78 is 1.20. The first-order valence-corrected chi connectivity index (χ1v) is 9.73. The van der Waals surface area contributed by atoms with Crippen LogP contribution >= 0.6 is 22.6 Å². The van der Waals surface area contributed by atoms with Crippen molar-refractivity contribution in [3.63, 3.8) is 0 Å². The Kier molecular flexibility index (Phi) is 5.86. The van der Waals surface area contributed by atoms with Crippen LogP contribution in [0.5, 0.6) is 0 Å². The van der Waals surface area contributed by atoms with E-state index in [1.807, 2.05) is 24.3 Å². The lowest BCUT2D eigenvalue weighted by atomic mass is 9.98. The Morgan fingerprint density at radius 3 is 2.58 bits per heavy atom. The van der Waals surface area contributed by atoms with Gasteiger partial charge in [0, 0.05) is 29.6 Å². The van der Waals surface area contributed by atoms with Gasteiger partial charge in [-0.25, -0.2) is 0 Å². The van der Waals surface area contributed by atoms with Crippen LogP contribution < -0.4 is 4.90 Å². The third kappa shape index (κ3) is 3.96. The lowest BCUT2D eigenvalue weighted by molar-refractivity contribution is -0.111. The van der Waals surface area contributed by atoms with E-state index < -0.39 is 0 Å². The minimum Gasteiger partial charge on any atom is -0.347 e.